The summed E-state index contributed by atoms with van der Waals surface area (Å²) in [5, 5.41) is 0. The quantitative estimate of drug-likeness (QED) is 0.365. The third-order valence-corrected chi connectivity index (χ3v) is 5.70. The minimum atomic E-state index is -0.896. The zero-order valence-electron chi connectivity index (χ0n) is 17.2. The van der Waals surface area contributed by atoms with Crippen LogP contribution in [-0.4, -0.2) is 22.3 Å². The van der Waals surface area contributed by atoms with Gasteiger partial charge in [-0.25, -0.2) is 13.8 Å². The average Bonchev–Trinajstić information content (AvgIpc) is 3.46. The molecule has 0 unspecified atom stereocenters. The topological polar surface area (TPSA) is 46.3 Å². The van der Waals surface area contributed by atoms with Crippen molar-refractivity contribution in [1.82, 2.24) is 9.88 Å². The molecule has 1 atom stereocenters. The third-order valence-electron chi connectivity index (χ3n) is 5.70. The molecule has 1 aliphatic rings. The highest BCUT2D eigenvalue weighted by molar-refractivity contribution is 5.92. The maximum atomic E-state index is 13.6. The van der Waals surface area contributed by atoms with Crippen LogP contribution in [0.25, 0.3) is 28.3 Å². The van der Waals surface area contributed by atoms with E-state index in [0.717, 1.165) is 30.5 Å². The van der Waals surface area contributed by atoms with Crippen LogP contribution in [-0.2, 0) is 4.79 Å². The summed E-state index contributed by atoms with van der Waals surface area (Å²) < 4.78 is 32.8. The number of carbonyl (C=O) groups excluding carboxylic acids is 1. The first-order valence-electron chi connectivity index (χ1n) is 10.5. The number of fused-ring (bicyclic) bond motifs is 1. The molecule has 0 saturated carbocycles. The Hall–Kier alpha value is -3.80. The molecular formula is C26H20F2N2O2. The van der Waals surface area contributed by atoms with Crippen LogP contribution in [0.1, 0.15) is 30.3 Å². The Labute approximate surface area is 183 Å². The fourth-order valence-corrected chi connectivity index (χ4v) is 4.06. The van der Waals surface area contributed by atoms with Crippen LogP contribution < -0.4 is 0 Å². The number of carbonyl (C=O) groups is 1. The van der Waals surface area contributed by atoms with Gasteiger partial charge in [-0.1, -0.05) is 42.5 Å². The van der Waals surface area contributed by atoms with Crippen molar-refractivity contribution in [1.29, 1.82) is 0 Å². The molecule has 3 aromatic carbocycles. The predicted molar refractivity (Wildman–Crippen MR) is 119 cm³/mol. The summed E-state index contributed by atoms with van der Waals surface area (Å²) in [6, 6.07) is 18.6. The fraction of sp³-hybridized carbons (Fsp3) is 0.154. The number of rotatable bonds is 4. The molecule has 1 aromatic heterocycles. The molecule has 6 heteroatoms. The first-order chi connectivity index (χ1) is 15.6. The number of oxazole rings is 1. The van der Waals surface area contributed by atoms with Crippen LogP contribution in [0.5, 0.6) is 0 Å². The number of likely N-dealkylation sites (tertiary alicyclic amines) is 1. The number of benzene rings is 3. The van der Waals surface area contributed by atoms with Gasteiger partial charge in [0.05, 0.1) is 0 Å². The van der Waals surface area contributed by atoms with Gasteiger partial charge >= 0.3 is 0 Å². The average molecular weight is 430 g/mol. The fourth-order valence-electron chi connectivity index (χ4n) is 4.06. The Morgan fingerprint density at radius 3 is 2.59 bits per heavy atom. The molecule has 4 aromatic rings. The highest BCUT2D eigenvalue weighted by Gasteiger charge is 2.32. The van der Waals surface area contributed by atoms with Gasteiger partial charge in [0.15, 0.2) is 17.2 Å². The van der Waals surface area contributed by atoms with Gasteiger partial charge in [-0.15, -0.1) is 0 Å². The maximum absolute atomic E-state index is 13.6. The second-order valence-electron chi connectivity index (χ2n) is 7.80. The van der Waals surface area contributed by atoms with Crippen molar-refractivity contribution < 1.29 is 18.0 Å². The maximum Gasteiger partial charge on any atom is 0.247 e. The minimum Gasteiger partial charge on any atom is -0.438 e. The molecule has 160 valence electrons. The van der Waals surface area contributed by atoms with Crippen molar-refractivity contribution in [3.8, 4) is 11.1 Å². The van der Waals surface area contributed by atoms with E-state index in [9.17, 15) is 13.6 Å². The Kier molecular flexibility index (Phi) is 5.27. The van der Waals surface area contributed by atoms with Gasteiger partial charge in [0, 0.05) is 12.6 Å². The zero-order valence-corrected chi connectivity index (χ0v) is 17.2. The van der Waals surface area contributed by atoms with Gasteiger partial charge in [-0.3, -0.25) is 4.79 Å². The molecule has 4 nitrogen and oxygen atoms in total. The van der Waals surface area contributed by atoms with Crippen LogP contribution >= 0.6 is 0 Å². The third kappa shape index (κ3) is 3.91. The SMILES string of the molecule is O=C(/C=C/c1ccccc1)N1CCC[C@@H]1c1nc2cc(-c3ccc(F)c(F)c3)ccc2o1. The number of aromatic nitrogens is 1. The molecule has 0 N–H and O–H groups in total. The van der Waals surface area contributed by atoms with Crippen molar-refractivity contribution in [2.75, 3.05) is 6.54 Å². The summed E-state index contributed by atoms with van der Waals surface area (Å²) in [6.07, 6.45) is 5.03. The van der Waals surface area contributed by atoms with E-state index in [-0.39, 0.29) is 11.9 Å². The first-order valence-corrected chi connectivity index (χ1v) is 10.5. The number of hydrogen-bond donors (Lipinski definition) is 0. The van der Waals surface area contributed by atoms with E-state index in [4.69, 9.17) is 4.42 Å². The van der Waals surface area contributed by atoms with Crippen LogP contribution in [0.2, 0.25) is 0 Å². The van der Waals surface area contributed by atoms with Gasteiger partial charge < -0.3 is 9.32 Å². The van der Waals surface area contributed by atoms with Gasteiger partial charge in [-0.05, 0) is 59.9 Å². The van der Waals surface area contributed by atoms with Gasteiger partial charge in [0.25, 0.3) is 0 Å². The second-order valence-corrected chi connectivity index (χ2v) is 7.80. The van der Waals surface area contributed by atoms with Crippen molar-refractivity contribution in [3.63, 3.8) is 0 Å². The molecule has 1 aliphatic heterocycles. The molecule has 1 amide bonds. The molecule has 0 aliphatic carbocycles. The van der Waals surface area contributed by atoms with Crippen molar-refractivity contribution >= 4 is 23.1 Å². The summed E-state index contributed by atoms with van der Waals surface area (Å²) in [4.78, 5) is 19.2. The molecular weight excluding hydrogens is 410 g/mol. The normalized spacial score (nSPS) is 16.3. The van der Waals surface area contributed by atoms with E-state index < -0.39 is 11.6 Å². The molecule has 0 radical (unpaired) electrons. The number of amides is 1. The molecule has 1 saturated heterocycles. The second kappa shape index (κ2) is 8.38. The molecule has 32 heavy (non-hydrogen) atoms. The summed E-state index contributed by atoms with van der Waals surface area (Å²) in [7, 11) is 0. The lowest BCUT2D eigenvalue weighted by Crippen LogP contribution is -2.29. The summed E-state index contributed by atoms with van der Waals surface area (Å²) >= 11 is 0. The van der Waals surface area contributed by atoms with E-state index in [0.29, 0.717) is 34.7 Å². The monoisotopic (exact) mass is 430 g/mol. The van der Waals surface area contributed by atoms with Crippen LogP contribution in [0.3, 0.4) is 0 Å². The first kappa shape index (κ1) is 20.1. The highest BCUT2D eigenvalue weighted by atomic mass is 19.2. The number of halogens is 2. The Bertz CT molecular complexity index is 1310. The Morgan fingerprint density at radius 1 is 1.00 bits per heavy atom. The van der Waals surface area contributed by atoms with Crippen molar-refractivity contribution in [2.24, 2.45) is 0 Å². The lowest BCUT2D eigenvalue weighted by Gasteiger charge is -2.20. The molecule has 0 spiro atoms. The van der Waals surface area contributed by atoms with Gasteiger partial charge in [-0.2, -0.15) is 0 Å². The molecule has 5 rings (SSSR count). The summed E-state index contributed by atoms with van der Waals surface area (Å²) in [6.45, 7) is 0.640. The van der Waals surface area contributed by atoms with Crippen LogP contribution in [0, 0.1) is 11.6 Å². The zero-order chi connectivity index (χ0) is 22.1. The lowest BCUT2D eigenvalue weighted by molar-refractivity contribution is -0.127. The van der Waals surface area contributed by atoms with Crippen molar-refractivity contribution in [2.45, 2.75) is 18.9 Å². The van der Waals surface area contributed by atoms with Gasteiger partial charge in [0.1, 0.15) is 11.6 Å². The molecule has 2 heterocycles. The highest BCUT2D eigenvalue weighted by Crippen LogP contribution is 2.34. The standard InChI is InChI=1S/C26H20F2N2O2/c27-20-11-9-18(15-21(20)28)19-10-12-24-22(16-19)29-26(32-24)23-7-4-14-30(23)25(31)13-8-17-5-2-1-3-6-17/h1-3,5-6,8-13,15-16,23H,4,7,14H2/b13-8+/t23-/m1/s1. The predicted octanol–water partition coefficient (Wildman–Crippen LogP) is 6.15. The number of nitrogens with zero attached hydrogens (tertiary/aromatic N) is 2. The minimum absolute atomic E-state index is 0.0823. The van der Waals surface area contributed by atoms with Gasteiger partial charge in [0.2, 0.25) is 11.8 Å². The van der Waals surface area contributed by atoms with Crippen LogP contribution in [0.15, 0.2) is 77.2 Å². The van der Waals surface area contributed by atoms with E-state index in [1.54, 1.807) is 35.3 Å². The van der Waals surface area contributed by atoms with Crippen LogP contribution in [0.4, 0.5) is 8.78 Å². The molecule has 0 bridgehead atoms. The van der Waals surface area contributed by atoms with E-state index in [1.807, 2.05) is 30.3 Å². The van der Waals surface area contributed by atoms with E-state index in [1.165, 1.54) is 6.07 Å². The Balaban J connectivity index is 1.40. The Morgan fingerprint density at radius 2 is 1.78 bits per heavy atom. The number of hydrogen-bond acceptors (Lipinski definition) is 3. The van der Waals surface area contributed by atoms with E-state index in [2.05, 4.69) is 4.98 Å². The van der Waals surface area contributed by atoms with Crippen molar-refractivity contribution in [3.05, 3.63) is 95.9 Å². The van der Waals surface area contributed by atoms with E-state index >= 15 is 0 Å². The largest absolute Gasteiger partial charge is 0.438 e. The lowest BCUT2D eigenvalue weighted by atomic mass is 10.1. The summed E-state index contributed by atoms with van der Waals surface area (Å²) in [5.41, 5.74) is 3.43. The smallest absolute Gasteiger partial charge is 0.247 e. The summed E-state index contributed by atoms with van der Waals surface area (Å²) in [5.74, 6) is -1.37. The molecule has 1 fully saturated rings.